The lowest BCUT2D eigenvalue weighted by atomic mass is 9.71. The Morgan fingerprint density at radius 2 is 1.80 bits per heavy atom. The molecule has 0 spiro atoms. The summed E-state index contributed by atoms with van der Waals surface area (Å²) < 4.78 is 0. The van der Waals surface area contributed by atoms with E-state index >= 15 is 0 Å². The van der Waals surface area contributed by atoms with E-state index in [1.54, 1.807) is 0 Å². The minimum atomic E-state index is -0.616. The van der Waals surface area contributed by atoms with Gasteiger partial charge >= 0.3 is 0 Å². The standard InChI is InChI=1S/C22H33NO2/c1-21(2,3)19-8-6-5-7-17(19)13-16-9-11-23(12-10-16)20(24)18-14-22(4,25)15-18/h5-8,16,18,25H,9-15H2,1-4H3/t18-,22+. The Morgan fingerprint density at radius 1 is 1.20 bits per heavy atom. The van der Waals surface area contributed by atoms with Crippen LogP contribution in [0.1, 0.15) is 64.5 Å². The van der Waals surface area contributed by atoms with E-state index in [-0.39, 0.29) is 17.2 Å². The summed E-state index contributed by atoms with van der Waals surface area (Å²) in [5.74, 6) is 0.977. The number of carbonyl (C=O) groups is 1. The average molecular weight is 344 g/mol. The number of carbonyl (C=O) groups excluding carboxylic acids is 1. The summed E-state index contributed by atoms with van der Waals surface area (Å²) in [5.41, 5.74) is 2.48. The van der Waals surface area contributed by atoms with Crippen molar-refractivity contribution in [3.8, 4) is 0 Å². The van der Waals surface area contributed by atoms with Gasteiger partial charge in [-0.05, 0) is 61.5 Å². The zero-order valence-corrected chi connectivity index (χ0v) is 16.2. The zero-order valence-electron chi connectivity index (χ0n) is 16.2. The number of rotatable bonds is 3. The highest BCUT2D eigenvalue weighted by Crippen LogP contribution is 2.39. The second-order valence-electron chi connectivity index (χ2n) is 9.48. The predicted octanol–water partition coefficient (Wildman–Crippen LogP) is 3.93. The van der Waals surface area contributed by atoms with Crippen LogP contribution in [0, 0.1) is 11.8 Å². The first kappa shape index (κ1) is 18.4. The van der Waals surface area contributed by atoms with Crippen LogP contribution in [0.4, 0.5) is 0 Å². The Bertz CT molecular complexity index is 613. The number of likely N-dealkylation sites (tertiary alicyclic amines) is 1. The molecule has 0 bridgehead atoms. The molecule has 1 amide bonds. The molecule has 2 fully saturated rings. The second kappa shape index (κ2) is 6.75. The van der Waals surface area contributed by atoms with Crippen LogP contribution in [-0.2, 0) is 16.6 Å². The van der Waals surface area contributed by atoms with E-state index in [0.29, 0.717) is 18.8 Å². The lowest BCUT2D eigenvalue weighted by Crippen LogP contribution is -2.51. The van der Waals surface area contributed by atoms with E-state index in [0.717, 1.165) is 32.4 Å². The molecule has 1 aliphatic carbocycles. The molecule has 3 nitrogen and oxygen atoms in total. The summed E-state index contributed by atoms with van der Waals surface area (Å²) in [5, 5.41) is 9.86. The minimum absolute atomic E-state index is 0.0492. The summed E-state index contributed by atoms with van der Waals surface area (Å²) in [6, 6.07) is 8.82. The molecule has 1 aliphatic heterocycles. The molecule has 2 aliphatic rings. The van der Waals surface area contributed by atoms with Crippen molar-refractivity contribution >= 4 is 5.91 Å². The van der Waals surface area contributed by atoms with Gasteiger partial charge in [0.05, 0.1) is 5.60 Å². The molecule has 0 atom stereocenters. The first-order valence-electron chi connectivity index (χ1n) is 9.75. The van der Waals surface area contributed by atoms with Crippen LogP contribution in [-0.4, -0.2) is 34.6 Å². The third-order valence-corrected chi connectivity index (χ3v) is 5.98. The van der Waals surface area contributed by atoms with E-state index < -0.39 is 5.60 Å². The maximum absolute atomic E-state index is 12.5. The normalized spacial score (nSPS) is 27.9. The fraction of sp³-hybridized carbons (Fsp3) is 0.682. The Labute approximate surface area is 152 Å². The van der Waals surface area contributed by atoms with Crippen LogP contribution in [0.3, 0.4) is 0 Å². The number of aliphatic hydroxyl groups is 1. The van der Waals surface area contributed by atoms with Crippen molar-refractivity contribution in [1.82, 2.24) is 4.90 Å². The fourth-order valence-corrected chi connectivity index (χ4v) is 4.53. The second-order valence-corrected chi connectivity index (χ2v) is 9.48. The maximum Gasteiger partial charge on any atom is 0.225 e. The molecule has 1 saturated carbocycles. The zero-order chi connectivity index (χ0) is 18.2. The lowest BCUT2D eigenvalue weighted by molar-refractivity contribution is -0.151. The number of hydrogen-bond acceptors (Lipinski definition) is 2. The molecular formula is C22H33NO2. The third kappa shape index (κ3) is 4.25. The van der Waals surface area contributed by atoms with Gasteiger partial charge in [-0.3, -0.25) is 4.79 Å². The van der Waals surface area contributed by atoms with Crippen LogP contribution >= 0.6 is 0 Å². The summed E-state index contributed by atoms with van der Waals surface area (Å²) in [6.45, 7) is 10.4. The number of hydrogen-bond donors (Lipinski definition) is 1. The first-order chi connectivity index (χ1) is 11.7. The number of amides is 1. The minimum Gasteiger partial charge on any atom is -0.390 e. The van der Waals surface area contributed by atoms with Gasteiger partial charge in [0.2, 0.25) is 5.91 Å². The highest BCUT2D eigenvalue weighted by Gasteiger charge is 2.44. The molecule has 1 aromatic carbocycles. The van der Waals surface area contributed by atoms with Crippen LogP contribution in [0.2, 0.25) is 0 Å². The summed E-state index contributed by atoms with van der Waals surface area (Å²) in [7, 11) is 0. The first-order valence-corrected chi connectivity index (χ1v) is 9.75. The van der Waals surface area contributed by atoms with Gasteiger partial charge in [0.1, 0.15) is 0 Å². The molecule has 1 N–H and O–H groups in total. The highest BCUT2D eigenvalue weighted by molar-refractivity contribution is 5.80. The maximum atomic E-state index is 12.5. The Balaban J connectivity index is 1.55. The summed E-state index contributed by atoms with van der Waals surface area (Å²) in [4.78, 5) is 14.6. The van der Waals surface area contributed by atoms with Gasteiger partial charge in [0, 0.05) is 19.0 Å². The average Bonchev–Trinajstić information content (AvgIpc) is 2.52. The van der Waals surface area contributed by atoms with E-state index in [4.69, 9.17) is 0 Å². The molecule has 1 saturated heterocycles. The topological polar surface area (TPSA) is 40.5 Å². The molecule has 25 heavy (non-hydrogen) atoms. The third-order valence-electron chi connectivity index (χ3n) is 5.98. The molecule has 138 valence electrons. The number of nitrogens with zero attached hydrogens (tertiary/aromatic N) is 1. The van der Waals surface area contributed by atoms with E-state index in [1.165, 1.54) is 11.1 Å². The van der Waals surface area contributed by atoms with Crippen molar-refractivity contribution in [2.24, 2.45) is 11.8 Å². The van der Waals surface area contributed by atoms with Crippen molar-refractivity contribution in [3.05, 3.63) is 35.4 Å². The van der Waals surface area contributed by atoms with Gasteiger partial charge < -0.3 is 10.0 Å². The van der Waals surface area contributed by atoms with Crippen LogP contribution in [0.5, 0.6) is 0 Å². The molecule has 3 rings (SSSR count). The van der Waals surface area contributed by atoms with E-state index in [9.17, 15) is 9.90 Å². The smallest absolute Gasteiger partial charge is 0.225 e. The van der Waals surface area contributed by atoms with Gasteiger partial charge in [0.15, 0.2) is 0 Å². The van der Waals surface area contributed by atoms with Gasteiger partial charge in [-0.1, -0.05) is 45.0 Å². The van der Waals surface area contributed by atoms with Crippen molar-refractivity contribution in [1.29, 1.82) is 0 Å². The number of benzene rings is 1. The van der Waals surface area contributed by atoms with Crippen molar-refractivity contribution in [2.45, 2.75) is 70.8 Å². The Hall–Kier alpha value is -1.35. The summed E-state index contributed by atoms with van der Waals surface area (Å²) in [6.07, 6.45) is 4.56. The molecule has 3 heteroatoms. The quantitative estimate of drug-likeness (QED) is 0.903. The van der Waals surface area contributed by atoms with Crippen molar-refractivity contribution < 1.29 is 9.90 Å². The van der Waals surface area contributed by atoms with Gasteiger partial charge in [-0.2, -0.15) is 0 Å². The molecule has 0 unspecified atom stereocenters. The molecule has 0 aromatic heterocycles. The van der Waals surface area contributed by atoms with Crippen molar-refractivity contribution in [2.75, 3.05) is 13.1 Å². The van der Waals surface area contributed by atoms with Crippen LogP contribution in [0.25, 0.3) is 0 Å². The number of piperidine rings is 1. The molecule has 1 aromatic rings. The molecular weight excluding hydrogens is 310 g/mol. The van der Waals surface area contributed by atoms with Gasteiger partial charge in [-0.25, -0.2) is 0 Å². The molecule has 1 heterocycles. The van der Waals surface area contributed by atoms with Gasteiger partial charge in [-0.15, -0.1) is 0 Å². The van der Waals surface area contributed by atoms with Crippen molar-refractivity contribution in [3.63, 3.8) is 0 Å². The van der Waals surface area contributed by atoms with Gasteiger partial charge in [0.25, 0.3) is 0 Å². The monoisotopic (exact) mass is 343 g/mol. The van der Waals surface area contributed by atoms with E-state index in [2.05, 4.69) is 45.0 Å². The van der Waals surface area contributed by atoms with Crippen LogP contribution < -0.4 is 0 Å². The van der Waals surface area contributed by atoms with Crippen LogP contribution in [0.15, 0.2) is 24.3 Å². The highest BCUT2D eigenvalue weighted by atomic mass is 16.3. The largest absolute Gasteiger partial charge is 0.390 e. The Morgan fingerprint density at radius 3 is 2.36 bits per heavy atom. The Kier molecular flexibility index (Phi) is 4.98. The summed E-state index contributed by atoms with van der Waals surface area (Å²) >= 11 is 0. The van der Waals surface area contributed by atoms with E-state index in [1.807, 2.05) is 11.8 Å². The fourth-order valence-electron chi connectivity index (χ4n) is 4.53. The predicted molar refractivity (Wildman–Crippen MR) is 101 cm³/mol. The SMILES string of the molecule is CC(C)(C)c1ccccc1CC1CCN(C(=O)[C@H]2C[C@@](C)(O)C2)CC1. The molecule has 0 radical (unpaired) electrons. The lowest BCUT2D eigenvalue weighted by Gasteiger charge is -2.43.